The molecule has 0 saturated carbocycles. The summed E-state index contributed by atoms with van der Waals surface area (Å²) in [6.45, 7) is 0. The fourth-order valence-electron chi connectivity index (χ4n) is 1.13. The normalized spacial score (nSPS) is 10.3. The fraction of sp³-hybridized carbons (Fsp3) is 0. The maximum Gasteiger partial charge on any atom is 0.352 e. The first-order chi connectivity index (χ1) is 5.79. The van der Waals surface area contributed by atoms with Crippen LogP contribution in [0.4, 0.5) is 0 Å². The lowest BCUT2D eigenvalue weighted by atomic mass is 10.4. The van der Waals surface area contributed by atoms with Crippen LogP contribution in [0.15, 0.2) is 30.7 Å². The highest BCUT2D eigenvalue weighted by Gasteiger charge is 2.06. The van der Waals surface area contributed by atoms with Crippen LogP contribution in [0.1, 0.15) is 10.5 Å². The van der Waals surface area contributed by atoms with Gasteiger partial charge in [-0.3, -0.25) is 4.98 Å². The Labute approximate surface area is 68.1 Å². The highest BCUT2D eigenvalue weighted by molar-refractivity contribution is 5.87. The van der Waals surface area contributed by atoms with E-state index in [1.54, 1.807) is 35.1 Å². The van der Waals surface area contributed by atoms with Gasteiger partial charge in [-0.2, -0.15) is 0 Å². The zero-order valence-electron chi connectivity index (χ0n) is 6.14. The predicted octanol–water partition coefficient (Wildman–Crippen LogP) is 1.03. The molecule has 2 rings (SSSR count). The van der Waals surface area contributed by atoms with Crippen LogP contribution < -0.4 is 0 Å². The van der Waals surface area contributed by atoms with Crippen molar-refractivity contribution in [3.63, 3.8) is 0 Å². The summed E-state index contributed by atoms with van der Waals surface area (Å²) < 4.78 is 1.58. The molecule has 0 saturated heterocycles. The standard InChI is InChI=1S/C8H6N2O2/c11-8(12)7-2-1-6-5-9-3-4-10(6)7/h1-5H,(H,11,12). The number of nitrogens with zero attached hydrogens (tertiary/aromatic N) is 2. The average Bonchev–Trinajstić information content (AvgIpc) is 2.47. The third-order valence-corrected chi connectivity index (χ3v) is 1.68. The highest BCUT2D eigenvalue weighted by atomic mass is 16.4. The molecular formula is C8H6N2O2. The number of carbonyl (C=O) groups is 1. The van der Waals surface area contributed by atoms with Crippen LogP contribution >= 0.6 is 0 Å². The molecule has 0 unspecified atom stereocenters. The second-order valence-corrected chi connectivity index (χ2v) is 2.39. The monoisotopic (exact) mass is 162 g/mol. The van der Waals surface area contributed by atoms with E-state index in [4.69, 9.17) is 5.11 Å². The topological polar surface area (TPSA) is 54.6 Å². The Morgan fingerprint density at radius 3 is 3.08 bits per heavy atom. The molecule has 12 heavy (non-hydrogen) atoms. The van der Waals surface area contributed by atoms with Crippen molar-refractivity contribution in [2.45, 2.75) is 0 Å². The summed E-state index contributed by atoms with van der Waals surface area (Å²) in [5.41, 5.74) is 1.04. The van der Waals surface area contributed by atoms with E-state index in [2.05, 4.69) is 4.98 Å². The van der Waals surface area contributed by atoms with Gasteiger partial charge in [0.1, 0.15) is 5.69 Å². The van der Waals surface area contributed by atoms with Crippen LogP contribution in [0.5, 0.6) is 0 Å². The van der Waals surface area contributed by atoms with Crippen molar-refractivity contribution in [2.75, 3.05) is 0 Å². The molecule has 0 aromatic carbocycles. The Bertz CT molecular complexity index is 433. The van der Waals surface area contributed by atoms with Crippen molar-refractivity contribution in [1.82, 2.24) is 9.38 Å². The number of hydrogen-bond acceptors (Lipinski definition) is 2. The molecule has 0 atom stereocenters. The highest BCUT2D eigenvalue weighted by Crippen LogP contribution is 2.07. The van der Waals surface area contributed by atoms with Crippen molar-refractivity contribution in [1.29, 1.82) is 0 Å². The van der Waals surface area contributed by atoms with Gasteiger partial charge in [0.05, 0.1) is 11.7 Å². The van der Waals surface area contributed by atoms with Gasteiger partial charge in [-0.1, -0.05) is 0 Å². The molecule has 2 heterocycles. The van der Waals surface area contributed by atoms with Crippen molar-refractivity contribution >= 4 is 11.5 Å². The molecule has 2 aromatic rings. The molecule has 0 aliphatic rings. The van der Waals surface area contributed by atoms with E-state index >= 15 is 0 Å². The summed E-state index contributed by atoms with van der Waals surface area (Å²) in [5, 5.41) is 8.73. The molecule has 0 amide bonds. The number of carboxylic acid groups (broad SMARTS) is 1. The Balaban J connectivity index is 2.79. The van der Waals surface area contributed by atoms with Crippen molar-refractivity contribution in [2.24, 2.45) is 0 Å². The Kier molecular flexibility index (Phi) is 1.33. The molecule has 0 aliphatic heterocycles. The van der Waals surface area contributed by atoms with Gasteiger partial charge in [-0.15, -0.1) is 0 Å². The quantitative estimate of drug-likeness (QED) is 0.681. The molecule has 0 bridgehead atoms. The number of fused-ring (bicyclic) bond motifs is 1. The molecule has 1 N–H and O–H groups in total. The summed E-state index contributed by atoms with van der Waals surface area (Å²) in [6.07, 6.45) is 4.80. The minimum atomic E-state index is -0.929. The van der Waals surface area contributed by atoms with Crippen LogP contribution in [0.25, 0.3) is 5.52 Å². The van der Waals surface area contributed by atoms with Crippen LogP contribution in [-0.4, -0.2) is 20.5 Å². The van der Waals surface area contributed by atoms with Crippen LogP contribution in [-0.2, 0) is 0 Å². The zero-order chi connectivity index (χ0) is 8.55. The van der Waals surface area contributed by atoms with E-state index in [0.29, 0.717) is 0 Å². The summed E-state index contributed by atoms with van der Waals surface area (Å²) in [5.74, 6) is -0.929. The summed E-state index contributed by atoms with van der Waals surface area (Å²) >= 11 is 0. The Hall–Kier alpha value is -1.84. The van der Waals surface area contributed by atoms with E-state index in [1.165, 1.54) is 0 Å². The molecule has 0 fully saturated rings. The number of aromatic carboxylic acids is 1. The third kappa shape index (κ3) is 0.852. The number of aromatic nitrogens is 2. The smallest absolute Gasteiger partial charge is 0.352 e. The van der Waals surface area contributed by atoms with Gasteiger partial charge in [0, 0.05) is 12.4 Å². The van der Waals surface area contributed by atoms with Crippen molar-refractivity contribution < 1.29 is 9.90 Å². The minimum absolute atomic E-state index is 0.257. The number of rotatable bonds is 1. The SMILES string of the molecule is O=C(O)c1ccc2cnccn12. The Morgan fingerprint density at radius 2 is 2.33 bits per heavy atom. The summed E-state index contributed by atoms with van der Waals surface area (Å²) in [6, 6.07) is 3.27. The second kappa shape index (κ2) is 2.34. The van der Waals surface area contributed by atoms with Gasteiger partial charge in [0.15, 0.2) is 0 Å². The largest absolute Gasteiger partial charge is 0.477 e. The number of carboxylic acids is 1. The van der Waals surface area contributed by atoms with Crippen molar-refractivity contribution in [3.8, 4) is 0 Å². The molecular weight excluding hydrogens is 156 g/mol. The predicted molar refractivity (Wildman–Crippen MR) is 42.2 cm³/mol. The lowest BCUT2D eigenvalue weighted by molar-refractivity contribution is 0.0689. The lowest BCUT2D eigenvalue weighted by Gasteiger charge is -1.95. The molecule has 2 aromatic heterocycles. The Morgan fingerprint density at radius 1 is 1.50 bits per heavy atom. The number of hydrogen-bond donors (Lipinski definition) is 1. The molecule has 0 spiro atoms. The van der Waals surface area contributed by atoms with Gasteiger partial charge in [0.25, 0.3) is 0 Å². The molecule has 4 nitrogen and oxygen atoms in total. The van der Waals surface area contributed by atoms with Crippen molar-refractivity contribution in [3.05, 3.63) is 36.4 Å². The van der Waals surface area contributed by atoms with E-state index in [-0.39, 0.29) is 5.69 Å². The second-order valence-electron chi connectivity index (χ2n) is 2.39. The summed E-state index contributed by atoms with van der Waals surface area (Å²) in [4.78, 5) is 14.5. The zero-order valence-corrected chi connectivity index (χ0v) is 6.14. The summed E-state index contributed by atoms with van der Waals surface area (Å²) in [7, 11) is 0. The molecule has 4 heteroatoms. The van der Waals surface area contributed by atoms with Gasteiger partial charge in [-0.05, 0) is 12.1 Å². The first-order valence-corrected chi connectivity index (χ1v) is 3.43. The fourth-order valence-corrected chi connectivity index (χ4v) is 1.13. The molecule has 60 valence electrons. The van der Waals surface area contributed by atoms with Crippen LogP contribution in [0.3, 0.4) is 0 Å². The van der Waals surface area contributed by atoms with Gasteiger partial charge >= 0.3 is 5.97 Å². The van der Waals surface area contributed by atoms with Crippen LogP contribution in [0, 0.1) is 0 Å². The first kappa shape index (κ1) is 6.84. The van der Waals surface area contributed by atoms with Gasteiger partial charge in [0.2, 0.25) is 0 Å². The minimum Gasteiger partial charge on any atom is -0.477 e. The van der Waals surface area contributed by atoms with E-state index < -0.39 is 5.97 Å². The third-order valence-electron chi connectivity index (χ3n) is 1.68. The van der Waals surface area contributed by atoms with Crippen LogP contribution in [0.2, 0.25) is 0 Å². The van der Waals surface area contributed by atoms with E-state index in [9.17, 15) is 4.79 Å². The maximum atomic E-state index is 10.6. The average molecular weight is 162 g/mol. The van der Waals surface area contributed by atoms with Gasteiger partial charge in [-0.25, -0.2) is 4.79 Å². The molecule has 0 radical (unpaired) electrons. The lowest BCUT2D eigenvalue weighted by Crippen LogP contribution is -2.00. The maximum absolute atomic E-state index is 10.6. The molecule has 0 aliphatic carbocycles. The first-order valence-electron chi connectivity index (χ1n) is 3.43. The van der Waals surface area contributed by atoms with Gasteiger partial charge < -0.3 is 9.51 Å². The van der Waals surface area contributed by atoms with E-state index in [1.807, 2.05) is 0 Å². The van der Waals surface area contributed by atoms with E-state index in [0.717, 1.165) is 5.52 Å².